The number of halogens is 2. The molecule has 228 valence electrons. The van der Waals surface area contributed by atoms with Gasteiger partial charge in [0.25, 0.3) is 0 Å². The summed E-state index contributed by atoms with van der Waals surface area (Å²) in [5.41, 5.74) is 10.6. The Bertz CT molecular complexity index is 1310. The van der Waals surface area contributed by atoms with Crippen LogP contribution in [0.2, 0.25) is 10.0 Å². The minimum Gasteiger partial charge on any atom is -0.0843 e. The Morgan fingerprint density at radius 1 is 0.405 bits per heavy atom. The third kappa shape index (κ3) is 14.6. The molecule has 0 spiro atoms. The second kappa shape index (κ2) is 18.9. The van der Waals surface area contributed by atoms with Crippen molar-refractivity contribution < 1.29 is 0 Å². The Morgan fingerprint density at radius 3 is 1.33 bits per heavy atom. The zero-order valence-electron chi connectivity index (χ0n) is 28.1. The van der Waals surface area contributed by atoms with Crippen LogP contribution < -0.4 is 0 Å². The third-order valence-electron chi connectivity index (χ3n) is 6.96. The van der Waals surface area contributed by atoms with Gasteiger partial charge in [-0.25, -0.2) is 0 Å². The lowest BCUT2D eigenvalue weighted by Gasteiger charge is -2.07. The van der Waals surface area contributed by atoms with Gasteiger partial charge in [-0.2, -0.15) is 0 Å². The van der Waals surface area contributed by atoms with Gasteiger partial charge in [0.05, 0.1) is 0 Å². The zero-order valence-corrected chi connectivity index (χ0v) is 29.7. The van der Waals surface area contributed by atoms with E-state index in [0.29, 0.717) is 23.7 Å². The number of hydrogen-bond acceptors (Lipinski definition) is 0. The van der Waals surface area contributed by atoms with Crippen LogP contribution >= 0.6 is 23.2 Å². The quantitative estimate of drug-likeness (QED) is 0.217. The molecular weight excluding hydrogens is 551 g/mol. The highest BCUT2D eigenvalue weighted by Gasteiger charge is 2.03. The number of hydrogen-bond donors (Lipinski definition) is 0. The Morgan fingerprint density at radius 2 is 0.905 bits per heavy atom. The molecule has 4 aromatic carbocycles. The molecule has 0 heterocycles. The van der Waals surface area contributed by atoms with Gasteiger partial charge in [-0.1, -0.05) is 156 Å². The SMILES string of the molecule is Cc1cc(Cl)cc(C(C)C)c1.Cc1ccc(C(C)C)c(Cl)c1.Cc1ccc(C(C)C)cc1.Cc1cccc(C(C)C)c1. The highest BCUT2D eigenvalue weighted by atomic mass is 35.5. The van der Waals surface area contributed by atoms with Crippen LogP contribution in [-0.2, 0) is 0 Å². The predicted molar refractivity (Wildman–Crippen MR) is 191 cm³/mol. The van der Waals surface area contributed by atoms with Gasteiger partial charge >= 0.3 is 0 Å². The van der Waals surface area contributed by atoms with Crippen molar-refractivity contribution in [3.8, 4) is 0 Å². The van der Waals surface area contributed by atoms with Crippen molar-refractivity contribution in [1.82, 2.24) is 0 Å². The summed E-state index contributed by atoms with van der Waals surface area (Å²) >= 11 is 11.9. The smallest absolute Gasteiger partial charge is 0.0443 e. The summed E-state index contributed by atoms with van der Waals surface area (Å²) < 4.78 is 0. The molecule has 0 aliphatic carbocycles. The van der Waals surface area contributed by atoms with Crippen molar-refractivity contribution in [1.29, 1.82) is 0 Å². The van der Waals surface area contributed by atoms with Crippen LogP contribution in [0.1, 0.15) is 124 Å². The van der Waals surface area contributed by atoms with Crippen LogP contribution in [-0.4, -0.2) is 0 Å². The fraction of sp³-hybridized carbons (Fsp3) is 0.400. The fourth-order valence-electron chi connectivity index (χ4n) is 4.18. The Labute approximate surface area is 268 Å². The van der Waals surface area contributed by atoms with E-state index in [1.807, 2.05) is 18.2 Å². The van der Waals surface area contributed by atoms with E-state index in [1.54, 1.807) is 0 Å². The van der Waals surface area contributed by atoms with Crippen molar-refractivity contribution in [3.63, 3.8) is 0 Å². The maximum absolute atomic E-state index is 6.02. The van der Waals surface area contributed by atoms with Gasteiger partial charge < -0.3 is 0 Å². The van der Waals surface area contributed by atoms with Crippen molar-refractivity contribution in [2.24, 2.45) is 0 Å². The summed E-state index contributed by atoms with van der Waals surface area (Å²) in [6.07, 6.45) is 0. The Balaban J connectivity index is 0.000000280. The summed E-state index contributed by atoms with van der Waals surface area (Å²) in [5.74, 6) is 2.39. The maximum atomic E-state index is 6.02. The third-order valence-corrected chi connectivity index (χ3v) is 7.51. The van der Waals surface area contributed by atoms with Crippen molar-refractivity contribution in [2.45, 2.75) is 107 Å². The normalized spacial score (nSPS) is 10.5. The molecule has 0 bridgehead atoms. The predicted octanol–water partition coefficient (Wildman–Crippen LogP) is 13.8. The molecule has 0 saturated heterocycles. The van der Waals surface area contributed by atoms with E-state index in [0.717, 1.165) is 10.0 Å². The minimum atomic E-state index is 0.517. The van der Waals surface area contributed by atoms with Gasteiger partial charge in [-0.3, -0.25) is 0 Å². The molecule has 0 aliphatic rings. The molecule has 0 fully saturated rings. The average molecular weight is 606 g/mol. The fourth-order valence-corrected chi connectivity index (χ4v) is 4.93. The molecule has 0 aliphatic heterocycles. The van der Waals surface area contributed by atoms with Gasteiger partial charge in [0.1, 0.15) is 0 Å². The van der Waals surface area contributed by atoms with Gasteiger partial charge in [0.15, 0.2) is 0 Å². The lowest BCUT2D eigenvalue weighted by atomic mass is 10.0. The molecule has 0 unspecified atom stereocenters. The largest absolute Gasteiger partial charge is 0.0843 e. The first-order chi connectivity index (χ1) is 19.6. The topological polar surface area (TPSA) is 0 Å². The molecule has 4 rings (SSSR count). The van der Waals surface area contributed by atoms with Crippen LogP contribution in [0, 0.1) is 27.7 Å². The lowest BCUT2D eigenvalue weighted by molar-refractivity contribution is 0.865. The van der Waals surface area contributed by atoms with E-state index in [-0.39, 0.29) is 0 Å². The first-order valence-corrected chi connectivity index (χ1v) is 16.0. The molecule has 2 heteroatoms. The van der Waals surface area contributed by atoms with Crippen LogP contribution in [0.15, 0.2) is 84.9 Å². The van der Waals surface area contributed by atoms with E-state index in [9.17, 15) is 0 Å². The minimum absolute atomic E-state index is 0.517. The van der Waals surface area contributed by atoms with Gasteiger partial charge in [-0.15, -0.1) is 0 Å². The van der Waals surface area contributed by atoms with E-state index in [1.165, 1.54) is 44.5 Å². The molecule has 0 N–H and O–H groups in total. The Kier molecular flexibility index (Phi) is 16.9. The Hall–Kier alpha value is -2.54. The summed E-state index contributed by atoms with van der Waals surface area (Å²) in [4.78, 5) is 0. The van der Waals surface area contributed by atoms with E-state index in [4.69, 9.17) is 23.2 Å². The molecule has 0 amide bonds. The molecule has 0 nitrogen and oxygen atoms in total. The van der Waals surface area contributed by atoms with Crippen LogP contribution in [0.4, 0.5) is 0 Å². The standard InChI is InChI=1S/2C10H13Cl.2C10H14/c1-7(2)9-4-8(3)5-10(11)6-9;1-7(2)9-5-4-8(3)6-10(9)11;1-8(2)10-6-4-9(3)5-7-10;1-8(2)10-6-4-5-9(3)7-10/h2*4-7H,1-3H3;2*4-8H,1-3H3. The van der Waals surface area contributed by atoms with Crippen molar-refractivity contribution >= 4 is 23.2 Å². The molecule has 0 aromatic heterocycles. The second-order valence-corrected chi connectivity index (χ2v) is 13.4. The summed E-state index contributed by atoms with van der Waals surface area (Å²) in [6, 6.07) is 29.8. The van der Waals surface area contributed by atoms with Crippen molar-refractivity contribution in [2.75, 3.05) is 0 Å². The highest BCUT2D eigenvalue weighted by Crippen LogP contribution is 2.24. The summed E-state index contributed by atoms with van der Waals surface area (Å²) in [7, 11) is 0. The van der Waals surface area contributed by atoms with Gasteiger partial charge in [0, 0.05) is 10.0 Å². The van der Waals surface area contributed by atoms with Gasteiger partial charge in [0.2, 0.25) is 0 Å². The first kappa shape index (κ1) is 37.5. The van der Waals surface area contributed by atoms with Crippen molar-refractivity contribution in [3.05, 3.63) is 139 Å². The highest BCUT2D eigenvalue weighted by molar-refractivity contribution is 6.31. The molecule has 42 heavy (non-hydrogen) atoms. The van der Waals surface area contributed by atoms with Crippen LogP contribution in [0.5, 0.6) is 0 Å². The molecule has 0 saturated carbocycles. The molecule has 4 aromatic rings. The summed E-state index contributed by atoms with van der Waals surface area (Å²) in [6.45, 7) is 25.9. The molecule has 0 atom stereocenters. The monoisotopic (exact) mass is 604 g/mol. The van der Waals surface area contributed by atoms with Crippen LogP contribution in [0.3, 0.4) is 0 Å². The zero-order chi connectivity index (χ0) is 32.0. The number of rotatable bonds is 4. The van der Waals surface area contributed by atoms with Crippen LogP contribution in [0.25, 0.3) is 0 Å². The van der Waals surface area contributed by atoms with E-state index in [2.05, 4.69) is 150 Å². The summed E-state index contributed by atoms with van der Waals surface area (Å²) in [5, 5.41) is 1.73. The van der Waals surface area contributed by atoms with E-state index < -0.39 is 0 Å². The molecule has 0 radical (unpaired) electrons. The molecular formula is C40H54Cl2. The lowest BCUT2D eigenvalue weighted by Crippen LogP contribution is -1.88. The first-order valence-electron chi connectivity index (χ1n) is 15.3. The van der Waals surface area contributed by atoms with E-state index >= 15 is 0 Å². The van der Waals surface area contributed by atoms with Gasteiger partial charge in [-0.05, 0) is 103 Å². The average Bonchev–Trinajstić information content (AvgIpc) is 2.89. The second-order valence-electron chi connectivity index (χ2n) is 12.5. The maximum Gasteiger partial charge on any atom is 0.0443 e. The number of benzene rings is 4. The number of aryl methyl sites for hydroxylation is 4.